The molecule has 1 aromatic rings. The molecule has 0 unspecified atom stereocenters. The molecule has 20 heavy (non-hydrogen) atoms. The molecule has 0 aromatic heterocycles. The van der Waals surface area contributed by atoms with Crippen molar-refractivity contribution in [3.8, 4) is 0 Å². The molecule has 0 bridgehead atoms. The van der Waals surface area contributed by atoms with Gasteiger partial charge in [-0.15, -0.1) is 0 Å². The Morgan fingerprint density at radius 1 is 1.20 bits per heavy atom. The lowest BCUT2D eigenvalue weighted by Crippen LogP contribution is -2.32. The molecule has 0 saturated heterocycles. The zero-order valence-electron chi connectivity index (χ0n) is 11.8. The minimum atomic E-state index is -3.46. The monoisotopic (exact) mass is 295 g/mol. The summed E-state index contributed by atoms with van der Waals surface area (Å²) in [5, 5.41) is 0. The quantitative estimate of drug-likeness (QED) is 0.821. The highest BCUT2D eigenvalue weighted by Gasteiger charge is 2.22. The summed E-state index contributed by atoms with van der Waals surface area (Å²) in [6.45, 7) is 1.95. The molecule has 5 heteroatoms. The van der Waals surface area contributed by atoms with Gasteiger partial charge in [0.25, 0.3) is 0 Å². The molecule has 1 aromatic carbocycles. The molecular weight excluding hydrogens is 274 g/mol. The van der Waals surface area contributed by atoms with Crippen molar-refractivity contribution in [2.75, 3.05) is 0 Å². The topological polar surface area (TPSA) is 63.2 Å². The van der Waals surface area contributed by atoms with Crippen molar-refractivity contribution in [2.24, 2.45) is 0 Å². The van der Waals surface area contributed by atoms with E-state index < -0.39 is 10.0 Å². The van der Waals surface area contributed by atoms with Crippen LogP contribution in [-0.4, -0.2) is 20.2 Å². The molecule has 0 heterocycles. The van der Waals surface area contributed by atoms with E-state index in [1.54, 1.807) is 12.1 Å². The maximum Gasteiger partial charge on any atom is 0.240 e. The Morgan fingerprint density at radius 3 is 2.35 bits per heavy atom. The van der Waals surface area contributed by atoms with Crippen LogP contribution < -0.4 is 4.72 Å². The highest BCUT2D eigenvalue weighted by atomic mass is 32.2. The third-order valence-electron chi connectivity index (χ3n) is 3.64. The Balaban J connectivity index is 2.10. The van der Waals surface area contributed by atoms with Crippen molar-refractivity contribution in [3.05, 3.63) is 29.8 Å². The van der Waals surface area contributed by atoms with Gasteiger partial charge in [0.05, 0.1) is 4.90 Å². The molecular formula is C15H21NO3S. The Bertz CT molecular complexity index is 557. The SMILES string of the molecule is CCCC(=O)c1ccc(S(=O)(=O)NC2CCCC2)cc1. The molecule has 1 fully saturated rings. The van der Waals surface area contributed by atoms with Crippen molar-refractivity contribution in [3.63, 3.8) is 0 Å². The highest BCUT2D eigenvalue weighted by molar-refractivity contribution is 7.89. The third-order valence-corrected chi connectivity index (χ3v) is 5.18. The fraction of sp³-hybridized carbons (Fsp3) is 0.533. The molecule has 0 aliphatic heterocycles. The second kappa shape index (κ2) is 6.50. The molecule has 1 aliphatic rings. The zero-order valence-corrected chi connectivity index (χ0v) is 12.6. The number of hydrogen-bond donors (Lipinski definition) is 1. The van der Waals surface area contributed by atoms with Gasteiger partial charge in [0.15, 0.2) is 5.78 Å². The Labute approximate surface area is 120 Å². The van der Waals surface area contributed by atoms with E-state index in [-0.39, 0.29) is 16.7 Å². The van der Waals surface area contributed by atoms with Crippen LogP contribution in [0.2, 0.25) is 0 Å². The van der Waals surface area contributed by atoms with Gasteiger partial charge in [-0.2, -0.15) is 0 Å². The lowest BCUT2D eigenvalue weighted by atomic mass is 10.1. The number of carbonyl (C=O) groups excluding carboxylic acids is 1. The van der Waals surface area contributed by atoms with E-state index in [1.165, 1.54) is 12.1 Å². The molecule has 4 nitrogen and oxygen atoms in total. The summed E-state index contributed by atoms with van der Waals surface area (Å²) in [5.74, 6) is 0.0557. The summed E-state index contributed by atoms with van der Waals surface area (Å²) in [6, 6.07) is 6.28. The van der Waals surface area contributed by atoms with Gasteiger partial charge < -0.3 is 0 Å². The van der Waals surface area contributed by atoms with Gasteiger partial charge in [-0.1, -0.05) is 31.9 Å². The first-order valence-electron chi connectivity index (χ1n) is 7.18. The highest BCUT2D eigenvalue weighted by Crippen LogP contribution is 2.20. The number of sulfonamides is 1. The van der Waals surface area contributed by atoms with Gasteiger partial charge in [-0.25, -0.2) is 13.1 Å². The Kier molecular flexibility index (Phi) is 4.94. The summed E-state index contributed by atoms with van der Waals surface area (Å²) < 4.78 is 27.1. The van der Waals surface area contributed by atoms with Gasteiger partial charge in [0, 0.05) is 18.0 Å². The Morgan fingerprint density at radius 2 is 1.80 bits per heavy atom. The molecule has 0 amide bonds. The summed E-state index contributed by atoms with van der Waals surface area (Å²) in [4.78, 5) is 12.0. The second-order valence-corrected chi connectivity index (χ2v) is 7.01. The van der Waals surface area contributed by atoms with Crippen LogP contribution >= 0.6 is 0 Å². The summed E-state index contributed by atoms with van der Waals surface area (Å²) in [5.41, 5.74) is 0.576. The van der Waals surface area contributed by atoms with E-state index >= 15 is 0 Å². The number of rotatable bonds is 6. The van der Waals surface area contributed by atoms with Crippen LogP contribution in [0.1, 0.15) is 55.8 Å². The normalized spacial score (nSPS) is 16.4. The number of carbonyl (C=O) groups is 1. The average molecular weight is 295 g/mol. The van der Waals surface area contributed by atoms with E-state index in [4.69, 9.17) is 0 Å². The van der Waals surface area contributed by atoms with Crippen LogP contribution in [0.5, 0.6) is 0 Å². The fourth-order valence-electron chi connectivity index (χ4n) is 2.52. The molecule has 0 radical (unpaired) electrons. The molecule has 110 valence electrons. The minimum Gasteiger partial charge on any atom is -0.294 e. The van der Waals surface area contributed by atoms with Crippen molar-refractivity contribution >= 4 is 15.8 Å². The van der Waals surface area contributed by atoms with E-state index in [0.717, 1.165) is 32.1 Å². The van der Waals surface area contributed by atoms with Gasteiger partial charge in [0.1, 0.15) is 0 Å². The van der Waals surface area contributed by atoms with Crippen LogP contribution in [0.4, 0.5) is 0 Å². The predicted octanol–water partition coefficient (Wildman–Crippen LogP) is 2.89. The van der Waals surface area contributed by atoms with Gasteiger partial charge in [-0.3, -0.25) is 4.79 Å². The summed E-state index contributed by atoms with van der Waals surface area (Å²) in [6.07, 6.45) is 5.27. The standard InChI is InChI=1S/C15H21NO3S/c1-2-5-15(17)12-8-10-14(11-9-12)20(18,19)16-13-6-3-4-7-13/h8-11,13,16H,2-7H2,1H3. The molecule has 1 aliphatic carbocycles. The molecule has 1 saturated carbocycles. The van der Waals surface area contributed by atoms with Gasteiger partial charge in [-0.05, 0) is 31.4 Å². The molecule has 0 atom stereocenters. The second-order valence-electron chi connectivity index (χ2n) is 5.30. The van der Waals surface area contributed by atoms with Crippen molar-refractivity contribution < 1.29 is 13.2 Å². The summed E-state index contributed by atoms with van der Waals surface area (Å²) >= 11 is 0. The van der Waals surface area contributed by atoms with Gasteiger partial charge in [0.2, 0.25) is 10.0 Å². The van der Waals surface area contributed by atoms with E-state index in [0.29, 0.717) is 12.0 Å². The maximum atomic E-state index is 12.2. The zero-order chi connectivity index (χ0) is 14.6. The van der Waals surface area contributed by atoms with Gasteiger partial charge >= 0.3 is 0 Å². The number of nitrogens with one attached hydrogen (secondary N) is 1. The largest absolute Gasteiger partial charge is 0.294 e. The van der Waals surface area contributed by atoms with Crippen molar-refractivity contribution in [1.29, 1.82) is 0 Å². The number of Topliss-reactive ketones (excluding diaryl/α,β-unsaturated/α-hetero) is 1. The third kappa shape index (κ3) is 3.67. The summed E-state index contributed by atoms with van der Waals surface area (Å²) in [7, 11) is -3.46. The average Bonchev–Trinajstić information content (AvgIpc) is 2.91. The lowest BCUT2D eigenvalue weighted by Gasteiger charge is -2.12. The van der Waals surface area contributed by atoms with E-state index in [9.17, 15) is 13.2 Å². The Hall–Kier alpha value is -1.20. The predicted molar refractivity (Wildman–Crippen MR) is 78.3 cm³/mol. The van der Waals surface area contributed by atoms with Crippen molar-refractivity contribution in [1.82, 2.24) is 4.72 Å². The van der Waals surface area contributed by atoms with Crippen LogP contribution in [-0.2, 0) is 10.0 Å². The fourth-order valence-corrected chi connectivity index (χ4v) is 3.83. The first kappa shape index (κ1) is 15.2. The minimum absolute atomic E-state index is 0.0557. The lowest BCUT2D eigenvalue weighted by molar-refractivity contribution is 0.0981. The number of hydrogen-bond acceptors (Lipinski definition) is 3. The number of ketones is 1. The first-order valence-corrected chi connectivity index (χ1v) is 8.67. The van der Waals surface area contributed by atoms with E-state index in [2.05, 4.69) is 4.72 Å². The van der Waals surface area contributed by atoms with Crippen LogP contribution in [0, 0.1) is 0 Å². The first-order chi connectivity index (χ1) is 9.53. The van der Waals surface area contributed by atoms with E-state index in [1.807, 2.05) is 6.92 Å². The maximum absolute atomic E-state index is 12.2. The van der Waals surface area contributed by atoms with Crippen LogP contribution in [0.25, 0.3) is 0 Å². The number of benzene rings is 1. The molecule has 0 spiro atoms. The van der Waals surface area contributed by atoms with Crippen molar-refractivity contribution in [2.45, 2.75) is 56.4 Å². The smallest absolute Gasteiger partial charge is 0.240 e. The van der Waals surface area contributed by atoms with Crippen LogP contribution in [0.15, 0.2) is 29.2 Å². The van der Waals surface area contributed by atoms with Crippen LogP contribution in [0.3, 0.4) is 0 Å². The molecule has 1 N–H and O–H groups in total. The molecule has 2 rings (SSSR count).